The monoisotopic (exact) mass is 317 g/mol. The van der Waals surface area contributed by atoms with Crippen LogP contribution in [0.5, 0.6) is 0 Å². The van der Waals surface area contributed by atoms with Gasteiger partial charge in [-0.2, -0.15) is 13.2 Å². The number of rotatable bonds is 8. The normalized spacial score (nSPS) is 12.6. The van der Waals surface area contributed by atoms with Gasteiger partial charge >= 0.3 is 17.5 Å². The van der Waals surface area contributed by atoms with E-state index in [1.165, 1.54) is 0 Å². The average Bonchev–Trinajstić information content (AvgIpc) is 2.28. The van der Waals surface area contributed by atoms with Crippen molar-refractivity contribution in [3.8, 4) is 0 Å². The number of nitrogens with one attached hydrogen (secondary N) is 2. The molecule has 0 bridgehead atoms. The molecule has 0 saturated heterocycles. The summed E-state index contributed by atoms with van der Waals surface area (Å²) < 4.78 is 35.4. The van der Waals surface area contributed by atoms with Crippen LogP contribution in [-0.4, -0.2) is 46.9 Å². The number of carbonyl (C=O) groups is 3. The summed E-state index contributed by atoms with van der Waals surface area (Å²) in [4.78, 5) is 32.5. The molecule has 116 valence electrons. The Morgan fingerprint density at radius 2 is 1.90 bits per heavy atom. The van der Waals surface area contributed by atoms with E-state index in [1.54, 1.807) is 0 Å². The molecule has 3 amide bonds. The number of hydrogen-bond donors (Lipinski definition) is 4. The van der Waals surface area contributed by atoms with Crippen molar-refractivity contribution in [3.05, 3.63) is 0 Å². The average molecular weight is 317 g/mol. The van der Waals surface area contributed by atoms with Gasteiger partial charge < -0.3 is 21.5 Å². The fraction of sp³-hybridized carbons (Fsp3) is 0.667. The molecule has 7 nitrogen and oxygen atoms in total. The first-order valence-corrected chi connectivity index (χ1v) is 6.36. The first kappa shape index (κ1) is 18.4. The lowest BCUT2D eigenvalue weighted by molar-refractivity contribution is -0.139. The second-order valence-electron chi connectivity index (χ2n) is 3.59. The summed E-state index contributed by atoms with van der Waals surface area (Å²) in [5, 5.41) is 12.9. The Bertz CT molecular complexity index is 365. The quantitative estimate of drug-likeness (QED) is 0.478. The molecule has 0 aliphatic rings. The summed E-state index contributed by atoms with van der Waals surface area (Å²) in [5.41, 5.74) is 0.456. The highest BCUT2D eigenvalue weighted by atomic mass is 32.2. The van der Waals surface area contributed by atoms with Crippen LogP contribution in [0.3, 0.4) is 0 Å². The number of alkyl halides is 3. The third-order valence-electron chi connectivity index (χ3n) is 1.94. The van der Waals surface area contributed by atoms with Crippen molar-refractivity contribution < 1.29 is 32.7 Å². The van der Waals surface area contributed by atoms with Gasteiger partial charge in [-0.25, -0.2) is 9.59 Å². The van der Waals surface area contributed by atoms with Crippen molar-refractivity contribution in [1.29, 1.82) is 0 Å². The molecule has 0 aliphatic carbocycles. The van der Waals surface area contributed by atoms with Crippen LogP contribution in [-0.2, 0) is 9.59 Å². The Balaban J connectivity index is 4.01. The number of amides is 3. The zero-order valence-corrected chi connectivity index (χ0v) is 11.0. The van der Waals surface area contributed by atoms with Crippen LogP contribution in [0.1, 0.15) is 12.8 Å². The molecule has 0 unspecified atom stereocenters. The van der Waals surface area contributed by atoms with E-state index in [0.717, 1.165) is 0 Å². The van der Waals surface area contributed by atoms with Crippen LogP contribution in [0, 0.1) is 0 Å². The van der Waals surface area contributed by atoms with E-state index in [0.29, 0.717) is 0 Å². The molecule has 0 aromatic carbocycles. The largest absolute Gasteiger partial charge is 0.480 e. The topological polar surface area (TPSA) is 122 Å². The Morgan fingerprint density at radius 3 is 2.35 bits per heavy atom. The third kappa shape index (κ3) is 10.3. The van der Waals surface area contributed by atoms with Crippen molar-refractivity contribution in [2.75, 3.05) is 12.3 Å². The van der Waals surface area contributed by atoms with Crippen LogP contribution in [0.2, 0.25) is 0 Å². The predicted octanol–water partition coefficient (Wildman–Crippen LogP) is 0.257. The van der Waals surface area contributed by atoms with Gasteiger partial charge in [-0.1, -0.05) is 0 Å². The summed E-state index contributed by atoms with van der Waals surface area (Å²) in [5.74, 6) is -2.48. The molecule has 0 fully saturated rings. The van der Waals surface area contributed by atoms with E-state index in [-0.39, 0.29) is 31.1 Å². The SMILES string of the molecule is NC(=O)CC[C@@H](NC(=O)NCCSC(F)(F)F)C(=O)O. The molecule has 0 aliphatic heterocycles. The lowest BCUT2D eigenvalue weighted by atomic mass is 10.1. The Kier molecular flexibility index (Phi) is 7.80. The van der Waals surface area contributed by atoms with Crippen molar-refractivity contribution in [2.24, 2.45) is 5.73 Å². The minimum absolute atomic E-state index is 0.199. The second-order valence-corrected chi connectivity index (χ2v) is 4.75. The van der Waals surface area contributed by atoms with Crippen LogP contribution < -0.4 is 16.4 Å². The van der Waals surface area contributed by atoms with Crippen LogP contribution in [0.25, 0.3) is 0 Å². The maximum Gasteiger partial charge on any atom is 0.441 e. The number of primary amides is 1. The zero-order valence-electron chi connectivity index (χ0n) is 10.2. The number of nitrogens with two attached hydrogens (primary N) is 1. The number of carboxylic acids is 1. The maximum atomic E-state index is 11.8. The number of urea groups is 1. The molecule has 1 atom stereocenters. The number of aliphatic carboxylic acids is 1. The van der Waals surface area contributed by atoms with Gasteiger partial charge in [0.2, 0.25) is 5.91 Å². The fourth-order valence-corrected chi connectivity index (χ4v) is 1.52. The smallest absolute Gasteiger partial charge is 0.441 e. The van der Waals surface area contributed by atoms with Crippen molar-refractivity contribution in [2.45, 2.75) is 24.4 Å². The number of hydrogen-bond acceptors (Lipinski definition) is 4. The minimum Gasteiger partial charge on any atom is -0.480 e. The third-order valence-corrected chi connectivity index (χ3v) is 2.67. The first-order valence-electron chi connectivity index (χ1n) is 5.38. The van der Waals surface area contributed by atoms with Gasteiger partial charge in [0.15, 0.2) is 0 Å². The van der Waals surface area contributed by atoms with Gasteiger partial charge in [0.25, 0.3) is 0 Å². The van der Waals surface area contributed by atoms with Crippen LogP contribution in [0.15, 0.2) is 0 Å². The minimum atomic E-state index is -4.39. The van der Waals surface area contributed by atoms with E-state index >= 15 is 0 Å². The van der Waals surface area contributed by atoms with Gasteiger partial charge in [-0.3, -0.25) is 4.79 Å². The second kappa shape index (κ2) is 8.51. The van der Waals surface area contributed by atoms with E-state index < -0.39 is 35.2 Å². The van der Waals surface area contributed by atoms with E-state index in [4.69, 9.17) is 10.8 Å². The summed E-state index contributed by atoms with van der Waals surface area (Å²) in [7, 11) is 0. The number of thioether (sulfide) groups is 1. The fourth-order valence-electron chi connectivity index (χ4n) is 1.08. The van der Waals surface area contributed by atoms with Crippen LogP contribution >= 0.6 is 11.8 Å². The van der Waals surface area contributed by atoms with E-state index in [9.17, 15) is 27.6 Å². The molecule has 0 radical (unpaired) electrons. The highest BCUT2D eigenvalue weighted by Gasteiger charge is 2.27. The zero-order chi connectivity index (χ0) is 15.8. The highest BCUT2D eigenvalue weighted by Crippen LogP contribution is 2.29. The van der Waals surface area contributed by atoms with Crippen LogP contribution in [0.4, 0.5) is 18.0 Å². The number of carboxylic acid groups (broad SMARTS) is 1. The Hall–Kier alpha value is -1.65. The summed E-state index contributed by atoms with van der Waals surface area (Å²) in [6.45, 7) is -0.280. The van der Waals surface area contributed by atoms with Gasteiger partial charge in [0, 0.05) is 18.7 Å². The summed E-state index contributed by atoms with van der Waals surface area (Å²) >= 11 is -0.305. The van der Waals surface area contributed by atoms with Gasteiger partial charge in [0.05, 0.1) is 0 Å². The van der Waals surface area contributed by atoms with Gasteiger partial charge in [-0.05, 0) is 18.2 Å². The molecule has 5 N–H and O–H groups in total. The standard InChI is InChI=1S/C9H14F3N3O4S/c10-9(11,12)20-4-3-14-8(19)15-5(7(17)18)1-2-6(13)16/h5H,1-4H2,(H2,13,16)(H,17,18)(H2,14,15,19)/t5-/m1/s1. The molecule has 0 spiro atoms. The summed E-state index contributed by atoms with van der Waals surface area (Å²) in [6.07, 6.45) is -0.434. The molecule has 11 heteroatoms. The maximum absolute atomic E-state index is 11.8. The molecule has 0 heterocycles. The number of carbonyl (C=O) groups excluding carboxylic acids is 2. The molecule has 0 rings (SSSR count). The van der Waals surface area contributed by atoms with Crippen molar-refractivity contribution in [3.63, 3.8) is 0 Å². The number of halogens is 3. The molecular weight excluding hydrogens is 303 g/mol. The lowest BCUT2D eigenvalue weighted by Gasteiger charge is -2.14. The highest BCUT2D eigenvalue weighted by molar-refractivity contribution is 8.00. The Morgan fingerprint density at radius 1 is 1.30 bits per heavy atom. The molecule has 0 saturated carbocycles. The van der Waals surface area contributed by atoms with E-state index in [2.05, 4.69) is 5.32 Å². The molecule has 20 heavy (non-hydrogen) atoms. The van der Waals surface area contributed by atoms with Crippen molar-refractivity contribution in [1.82, 2.24) is 10.6 Å². The predicted molar refractivity (Wildman–Crippen MR) is 64.9 cm³/mol. The van der Waals surface area contributed by atoms with Gasteiger partial charge in [-0.15, -0.1) is 0 Å². The molecular formula is C9H14F3N3O4S. The molecule has 0 aromatic rings. The van der Waals surface area contributed by atoms with Crippen molar-refractivity contribution >= 4 is 29.7 Å². The van der Waals surface area contributed by atoms with E-state index in [1.807, 2.05) is 5.32 Å². The Labute approximate surface area is 116 Å². The lowest BCUT2D eigenvalue weighted by Crippen LogP contribution is -2.46. The first-order chi connectivity index (χ1) is 9.11. The molecule has 0 aromatic heterocycles. The van der Waals surface area contributed by atoms with Gasteiger partial charge in [0.1, 0.15) is 6.04 Å². The summed E-state index contributed by atoms with van der Waals surface area (Å²) in [6, 6.07) is -2.26.